The second-order valence-corrected chi connectivity index (χ2v) is 8.14. The Hall–Kier alpha value is -2.53. The standard InChI is InChI=1S/C16H20FN5O4S/c1-3-14-15(22(23)24)16(19(2)18-14)20-8-10-21(11-9-20)27(25,26)13-6-4-12(17)5-7-13/h4-7H,3,8-11H2,1-2H3. The molecule has 2 heterocycles. The summed E-state index contributed by atoms with van der Waals surface area (Å²) in [6, 6.07) is 4.68. The molecular formula is C16H20FN5O4S. The third kappa shape index (κ3) is 3.52. The molecule has 11 heteroatoms. The number of halogens is 1. The van der Waals surface area contributed by atoms with Crippen molar-refractivity contribution >= 4 is 21.5 Å². The van der Waals surface area contributed by atoms with E-state index in [2.05, 4.69) is 5.10 Å². The van der Waals surface area contributed by atoms with E-state index in [0.29, 0.717) is 31.0 Å². The molecule has 0 N–H and O–H groups in total. The summed E-state index contributed by atoms with van der Waals surface area (Å²) in [5.41, 5.74) is 0.369. The molecule has 1 fully saturated rings. The average Bonchev–Trinajstić information content (AvgIpc) is 2.99. The topological polar surface area (TPSA) is 102 Å². The lowest BCUT2D eigenvalue weighted by molar-refractivity contribution is -0.384. The number of aromatic nitrogens is 2. The van der Waals surface area contributed by atoms with Crippen LogP contribution in [0.3, 0.4) is 0 Å². The molecule has 0 saturated carbocycles. The van der Waals surface area contributed by atoms with E-state index < -0.39 is 20.8 Å². The van der Waals surface area contributed by atoms with Gasteiger partial charge in [0.15, 0.2) is 0 Å². The molecule has 1 aromatic carbocycles. The van der Waals surface area contributed by atoms with Crippen molar-refractivity contribution in [3.63, 3.8) is 0 Å². The number of benzene rings is 1. The molecule has 0 radical (unpaired) electrons. The van der Waals surface area contributed by atoms with Crippen LogP contribution in [0, 0.1) is 15.9 Å². The minimum Gasteiger partial charge on any atom is -0.348 e. The Kier molecular flexibility index (Phi) is 5.16. The fourth-order valence-corrected chi connectivity index (χ4v) is 4.66. The van der Waals surface area contributed by atoms with Crippen LogP contribution in [0.5, 0.6) is 0 Å². The Morgan fingerprint density at radius 1 is 1.19 bits per heavy atom. The summed E-state index contributed by atoms with van der Waals surface area (Å²) >= 11 is 0. The highest BCUT2D eigenvalue weighted by Crippen LogP contribution is 2.32. The van der Waals surface area contributed by atoms with Crippen molar-refractivity contribution in [3.05, 3.63) is 45.9 Å². The Morgan fingerprint density at radius 2 is 1.78 bits per heavy atom. The molecule has 0 bridgehead atoms. The molecule has 146 valence electrons. The van der Waals surface area contributed by atoms with Crippen molar-refractivity contribution in [2.45, 2.75) is 18.2 Å². The molecule has 3 rings (SSSR count). The van der Waals surface area contributed by atoms with Crippen LogP contribution in [-0.2, 0) is 23.5 Å². The first kappa shape index (κ1) is 19.2. The van der Waals surface area contributed by atoms with E-state index in [1.807, 2.05) is 0 Å². The second kappa shape index (κ2) is 7.24. The molecule has 9 nitrogen and oxygen atoms in total. The first-order valence-electron chi connectivity index (χ1n) is 8.46. The fraction of sp³-hybridized carbons (Fsp3) is 0.438. The van der Waals surface area contributed by atoms with Crippen molar-refractivity contribution in [1.82, 2.24) is 14.1 Å². The van der Waals surface area contributed by atoms with E-state index in [1.54, 1.807) is 18.9 Å². The zero-order valence-corrected chi connectivity index (χ0v) is 15.8. The summed E-state index contributed by atoms with van der Waals surface area (Å²) in [4.78, 5) is 12.8. The molecule has 1 aliphatic rings. The smallest absolute Gasteiger partial charge is 0.334 e. The molecular weight excluding hydrogens is 377 g/mol. The molecule has 1 aromatic heterocycles. The van der Waals surface area contributed by atoms with E-state index in [9.17, 15) is 22.9 Å². The van der Waals surface area contributed by atoms with Gasteiger partial charge in [0.1, 0.15) is 11.5 Å². The summed E-state index contributed by atoms with van der Waals surface area (Å²) in [5.74, 6) is -0.121. The van der Waals surface area contributed by atoms with Crippen LogP contribution >= 0.6 is 0 Å². The van der Waals surface area contributed by atoms with Gasteiger partial charge < -0.3 is 4.90 Å². The third-order valence-corrected chi connectivity index (χ3v) is 6.48. The maximum Gasteiger partial charge on any atom is 0.334 e. The second-order valence-electron chi connectivity index (χ2n) is 6.20. The number of anilines is 1. The summed E-state index contributed by atoms with van der Waals surface area (Å²) < 4.78 is 41.2. The van der Waals surface area contributed by atoms with Gasteiger partial charge in [-0.05, 0) is 30.7 Å². The highest BCUT2D eigenvalue weighted by Gasteiger charge is 2.34. The average molecular weight is 397 g/mol. The number of piperazine rings is 1. The van der Waals surface area contributed by atoms with Crippen LogP contribution in [0.1, 0.15) is 12.6 Å². The number of nitro groups is 1. The first-order valence-corrected chi connectivity index (χ1v) is 9.90. The van der Waals surface area contributed by atoms with E-state index in [1.165, 1.54) is 21.1 Å². The number of rotatable bonds is 5. The van der Waals surface area contributed by atoms with E-state index in [0.717, 1.165) is 12.1 Å². The molecule has 1 saturated heterocycles. The van der Waals surface area contributed by atoms with E-state index in [4.69, 9.17) is 0 Å². The van der Waals surface area contributed by atoms with Gasteiger partial charge in [-0.1, -0.05) is 6.92 Å². The Bertz CT molecular complexity index is 950. The molecule has 1 aliphatic heterocycles. The molecule has 0 spiro atoms. The van der Waals surface area contributed by atoms with Gasteiger partial charge in [-0.2, -0.15) is 9.40 Å². The predicted molar refractivity (Wildman–Crippen MR) is 96.6 cm³/mol. The normalized spacial score (nSPS) is 15.9. The monoisotopic (exact) mass is 397 g/mol. The minimum absolute atomic E-state index is 0.0251. The maximum atomic E-state index is 13.0. The van der Waals surface area contributed by atoms with Crippen LogP contribution in [0.2, 0.25) is 0 Å². The number of hydrogen-bond acceptors (Lipinski definition) is 6. The van der Waals surface area contributed by atoms with Gasteiger partial charge in [0.05, 0.1) is 9.82 Å². The SMILES string of the molecule is CCc1nn(C)c(N2CCN(S(=O)(=O)c3ccc(F)cc3)CC2)c1[N+](=O)[O-]. The molecule has 0 unspecified atom stereocenters. The van der Waals surface area contributed by atoms with Crippen LogP contribution in [-0.4, -0.2) is 53.6 Å². The lowest BCUT2D eigenvalue weighted by atomic mass is 10.2. The molecule has 0 aliphatic carbocycles. The van der Waals surface area contributed by atoms with Crippen LogP contribution in [0.15, 0.2) is 29.2 Å². The summed E-state index contributed by atoms with van der Waals surface area (Å²) in [7, 11) is -2.09. The zero-order chi connectivity index (χ0) is 19.8. The van der Waals surface area contributed by atoms with Gasteiger partial charge in [0, 0.05) is 33.2 Å². The van der Waals surface area contributed by atoms with Gasteiger partial charge in [-0.25, -0.2) is 17.5 Å². The zero-order valence-electron chi connectivity index (χ0n) is 15.0. The van der Waals surface area contributed by atoms with Crippen molar-refractivity contribution < 1.29 is 17.7 Å². The lowest BCUT2D eigenvalue weighted by Gasteiger charge is -2.34. The summed E-state index contributed by atoms with van der Waals surface area (Å²) in [6.45, 7) is 2.73. The fourth-order valence-electron chi connectivity index (χ4n) is 3.23. The first-order chi connectivity index (χ1) is 12.8. The predicted octanol–water partition coefficient (Wildman–Crippen LogP) is 1.54. The Balaban J connectivity index is 1.81. The molecule has 2 aromatic rings. The van der Waals surface area contributed by atoms with E-state index >= 15 is 0 Å². The molecule has 0 atom stereocenters. The lowest BCUT2D eigenvalue weighted by Crippen LogP contribution is -2.49. The highest BCUT2D eigenvalue weighted by molar-refractivity contribution is 7.89. The minimum atomic E-state index is -3.74. The van der Waals surface area contributed by atoms with Gasteiger partial charge in [-0.3, -0.25) is 10.1 Å². The van der Waals surface area contributed by atoms with Crippen LogP contribution < -0.4 is 4.90 Å². The highest BCUT2D eigenvalue weighted by atomic mass is 32.2. The number of aryl methyl sites for hydroxylation is 2. The van der Waals surface area contributed by atoms with Crippen molar-refractivity contribution in [1.29, 1.82) is 0 Å². The van der Waals surface area contributed by atoms with Gasteiger partial charge in [0.25, 0.3) is 0 Å². The quantitative estimate of drug-likeness (QED) is 0.560. The summed E-state index contributed by atoms with van der Waals surface area (Å²) in [6.07, 6.45) is 0.434. The van der Waals surface area contributed by atoms with Crippen LogP contribution in [0.4, 0.5) is 15.9 Å². The number of hydrogen-bond donors (Lipinski definition) is 0. The van der Waals surface area contributed by atoms with Gasteiger partial charge >= 0.3 is 5.69 Å². The molecule has 27 heavy (non-hydrogen) atoms. The third-order valence-electron chi connectivity index (χ3n) is 4.57. The largest absolute Gasteiger partial charge is 0.348 e. The van der Waals surface area contributed by atoms with Gasteiger partial charge in [0.2, 0.25) is 15.8 Å². The van der Waals surface area contributed by atoms with Crippen molar-refractivity contribution in [3.8, 4) is 0 Å². The van der Waals surface area contributed by atoms with Crippen LogP contribution in [0.25, 0.3) is 0 Å². The van der Waals surface area contributed by atoms with Gasteiger partial charge in [-0.15, -0.1) is 0 Å². The molecule has 0 amide bonds. The van der Waals surface area contributed by atoms with Crippen molar-refractivity contribution in [2.75, 3.05) is 31.1 Å². The Labute approximate surface area is 156 Å². The maximum absolute atomic E-state index is 13.0. The number of nitrogens with zero attached hydrogens (tertiary/aromatic N) is 5. The van der Waals surface area contributed by atoms with E-state index in [-0.39, 0.29) is 23.7 Å². The number of sulfonamides is 1. The summed E-state index contributed by atoms with van der Waals surface area (Å²) in [5, 5.41) is 15.7. The van der Waals surface area contributed by atoms with Crippen molar-refractivity contribution in [2.24, 2.45) is 7.05 Å². The Morgan fingerprint density at radius 3 is 2.30 bits per heavy atom.